The van der Waals surface area contributed by atoms with Gasteiger partial charge in [0.1, 0.15) is 5.82 Å². The zero-order valence-electron chi connectivity index (χ0n) is 9.72. The third-order valence-electron chi connectivity index (χ3n) is 3.51. The molecule has 3 heteroatoms. The number of nitrogens with two attached hydrogens (primary N) is 1. The van der Waals surface area contributed by atoms with Crippen LogP contribution in [0.25, 0.3) is 0 Å². The normalized spacial score (nSPS) is 18.6. The molecule has 1 aromatic carbocycles. The molecule has 0 radical (unpaired) electrons. The summed E-state index contributed by atoms with van der Waals surface area (Å²) in [7, 11) is 0. The van der Waals surface area contributed by atoms with E-state index in [0.717, 1.165) is 6.54 Å². The van der Waals surface area contributed by atoms with Crippen LogP contribution in [-0.4, -0.2) is 6.54 Å². The van der Waals surface area contributed by atoms with Gasteiger partial charge in [0.25, 0.3) is 0 Å². The first-order valence-electron chi connectivity index (χ1n) is 5.88. The number of rotatable bonds is 3. The topological polar surface area (TPSA) is 38.0 Å². The van der Waals surface area contributed by atoms with Crippen molar-refractivity contribution in [3.05, 3.63) is 24.0 Å². The van der Waals surface area contributed by atoms with Crippen LogP contribution in [0.15, 0.2) is 18.2 Å². The van der Waals surface area contributed by atoms with Crippen molar-refractivity contribution in [2.24, 2.45) is 5.41 Å². The first-order chi connectivity index (χ1) is 7.59. The minimum absolute atomic E-state index is 0.262. The van der Waals surface area contributed by atoms with Crippen molar-refractivity contribution < 1.29 is 4.39 Å². The molecule has 1 fully saturated rings. The Labute approximate surface area is 96.0 Å². The molecule has 0 aliphatic heterocycles. The van der Waals surface area contributed by atoms with Crippen molar-refractivity contribution in [1.29, 1.82) is 0 Å². The van der Waals surface area contributed by atoms with E-state index in [9.17, 15) is 4.39 Å². The van der Waals surface area contributed by atoms with Crippen LogP contribution >= 0.6 is 0 Å². The van der Waals surface area contributed by atoms with Crippen molar-refractivity contribution in [1.82, 2.24) is 0 Å². The van der Waals surface area contributed by atoms with E-state index in [-0.39, 0.29) is 5.82 Å². The second-order valence-corrected chi connectivity index (χ2v) is 5.11. The SMILES string of the molecule is CC1(CNc2ccc(N)cc2F)CCCC1. The van der Waals surface area contributed by atoms with Gasteiger partial charge < -0.3 is 11.1 Å². The molecule has 2 rings (SSSR count). The lowest BCUT2D eigenvalue weighted by Gasteiger charge is -2.24. The molecule has 88 valence electrons. The molecule has 0 bridgehead atoms. The fraction of sp³-hybridized carbons (Fsp3) is 0.538. The molecule has 0 heterocycles. The summed E-state index contributed by atoms with van der Waals surface area (Å²) in [6, 6.07) is 4.80. The average molecular weight is 222 g/mol. The predicted octanol–water partition coefficient (Wildman–Crippen LogP) is 3.40. The van der Waals surface area contributed by atoms with Gasteiger partial charge >= 0.3 is 0 Å². The fourth-order valence-corrected chi connectivity index (χ4v) is 2.39. The van der Waals surface area contributed by atoms with Gasteiger partial charge in [-0.2, -0.15) is 0 Å². The Morgan fingerprint density at radius 2 is 2.06 bits per heavy atom. The maximum Gasteiger partial charge on any atom is 0.148 e. The van der Waals surface area contributed by atoms with E-state index in [1.807, 2.05) is 0 Å². The van der Waals surface area contributed by atoms with Gasteiger partial charge in [-0.25, -0.2) is 4.39 Å². The van der Waals surface area contributed by atoms with Crippen LogP contribution in [0.4, 0.5) is 15.8 Å². The molecule has 3 N–H and O–H groups in total. The Hall–Kier alpha value is -1.25. The summed E-state index contributed by atoms with van der Waals surface area (Å²) in [6.07, 6.45) is 5.05. The molecule has 1 aliphatic carbocycles. The lowest BCUT2D eigenvalue weighted by molar-refractivity contribution is 0.361. The van der Waals surface area contributed by atoms with E-state index in [4.69, 9.17) is 5.73 Å². The Balaban J connectivity index is 1.99. The summed E-state index contributed by atoms with van der Waals surface area (Å²) in [5.41, 5.74) is 6.86. The smallest absolute Gasteiger partial charge is 0.148 e. The number of hydrogen-bond acceptors (Lipinski definition) is 2. The number of hydrogen-bond donors (Lipinski definition) is 2. The van der Waals surface area contributed by atoms with Crippen LogP contribution in [0.5, 0.6) is 0 Å². The van der Waals surface area contributed by atoms with Crippen molar-refractivity contribution in [3.63, 3.8) is 0 Å². The molecule has 16 heavy (non-hydrogen) atoms. The highest BCUT2D eigenvalue weighted by molar-refractivity contribution is 5.52. The molecular formula is C13H19FN2. The Morgan fingerprint density at radius 3 is 2.69 bits per heavy atom. The average Bonchev–Trinajstić information content (AvgIpc) is 2.64. The predicted molar refractivity (Wildman–Crippen MR) is 65.9 cm³/mol. The maximum atomic E-state index is 13.5. The molecule has 1 aliphatic rings. The highest BCUT2D eigenvalue weighted by atomic mass is 19.1. The first-order valence-corrected chi connectivity index (χ1v) is 5.88. The van der Waals surface area contributed by atoms with Gasteiger partial charge in [0.05, 0.1) is 5.69 Å². The summed E-state index contributed by atoms with van der Waals surface area (Å²) in [5.74, 6) is -0.262. The zero-order valence-corrected chi connectivity index (χ0v) is 9.72. The van der Waals surface area contributed by atoms with E-state index in [0.29, 0.717) is 16.8 Å². The standard InChI is InChI=1S/C13H19FN2/c1-13(6-2-3-7-13)9-16-12-5-4-10(15)8-11(12)14/h4-5,8,16H,2-3,6-7,9,15H2,1H3. The summed E-state index contributed by atoms with van der Waals surface area (Å²) < 4.78 is 13.5. The second-order valence-electron chi connectivity index (χ2n) is 5.11. The van der Waals surface area contributed by atoms with E-state index in [2.05, 4.69) is 12.2 Å². The highest BCUT2D eigenvalue weighted by Crippen LogP contribution is 2.37. The molecule has 0 aromatic heterocycles. The zero-order chi connectivity index (χ0) is 11.6. The van der Waals surface area contributed by atoms with Gasteiger partial charge in [-0.3, -0.25) is 0 Å². The van der Waals surface area contributed by atoms with Crippen LogP contribution in [0.3, 0.4) is 0 Å². The van der Waals surface area contributed by atoms with E-state index < -0.39 is 0 Å². The van der Waals surface area contributed by atoms with Crippen LogP contribution in [-0.2, 0) is 0 Å². The van der Waals surface area contributed by atoms with Crippen molar-refractivity contribution in [2.75, 3.05) is 17.6 Å². The summed E-state index contributed by atoms with van der Waals surface area (Å²) in [4.78, 5) is 0. The lowest BCUT2D eigenvalue weighted by Crippen LogP contribution is -2.23. The number of anilines is 2. The number of benzene rings is 1. The first kappa shape index (κ1) is 11.2. The van der Waals surface area contributed by atoms with Gasteiger partial charge in [0.15, 0.2) is 0 Å². The molecule has 0 spiro atoms. The largest absolute Gasteiger partial charge is 0.399 e. The monoisotopic (exact) mass is 222 g/mol. The molecular weight excluding hydrogens is 203 g/mol. The van der Waals surface area contributed by atoms with Crippen LogP contribution < -0.4 is 11.1 Å². The molecule has 2 nitrogen and oxygen atoms in total. The number of nitrogens with one attached hydrogen (secondary N) is 1. The van der Waals surface area contributed by atoms with E-state index in [1.54, 1.807) is 12.1 Å². The minimum atomic E-state index is -0.262. The van der Waals surface area contributed by atoms with E-state index in [1.165, 1.54) is 31.7 Å². The highest BCUT2D eigenvalue weighted by Gasteiger charge is 2.28. The van der Waals surface area contributed by atoms with Crippen LogP contribution in [0, 0.1) is 11.2 Å². The van der Waals surface area contributed by atoms with E-state index >= 15 is 0 Å². The van der Waals surface area contributed by atoms with Crippen molar-refractivity contribution in [3.8, 4) is 0 Å². The van der Waals surface area contributed by atoms with Crippen molar-refractivity contribution >= 4 is 11.4 Å². The molecule has 1 aromatic rings. The van der Waals surface area contributed by atoms with Crippen molar-refractivity contribution in [2.45, 2.75) is 32.6 Å². The molecule has 1 saturated carbocycles. The van der Waals surface area contributed by atoms with Crippen LogP contribution in [0.2, 0.25) is 0 Å². The maximum absolute atomic E-state index is 13.5. The quantitative estimate of drug-likeness (QED) is 0.769. The number of halogens is 1. The summed E-state index contributed by atoms with van der Waals surface area (Å²) in [5, 5.41) is 3.19. The third-order valence-corrected chi connectivity index (χ3v) is 3.51. The molecule has 0 amide bonds. The van der Waals surface area contributed by atoms with Gasteiger partial charge in [-0.15, -0.1) is 0 Å². The second kappa shape index (κ2) is 4.32. The summed E-state index contributed by atoms with van der Waals surface area (Å²) >= 11 is 0. The van der Waals surface area contributed by atoms with Gasteiger partial charge in [-0.1, -0.05) is 19.8 Å². The molecule has 0 unspecified atom stereocenters. The molecule has 0 saturated heterocycles. The third kappa shape index (κ3) is 2.46. The molecule has 0 atom stereocenters. The minimum Gasteiger partial charge on any atom is -0.399 e. The fourth-order valence-electron chi connectivity index (χ4n) is 2.39. The Bertz CT molecular complexity index is 370. The van der Waals surface area contributed by atoms with Gasteiger partial charge in [0.2, 0.25) is 0 Å². The van der Waals surface area contributed by atoms with Gasteiger partial charge in [0, 0.05) is 12.2 Å². The van der Waals surface area contributed by atoms with Gasteiger partial charge in [-0.05, 0) is 36.5 Å². The Morgan fingerprint density at radius 1 is 1.38 bits per heavy atom. The Kier molecular flexibility index (Phi) is 3.03. The van der Waals surface area contributed by atoms with Crippen LogP contribution in [0.1, 0.15) is 32.6 Å². The lowest BCUT2D eigenvalue weighted by atomic mass is 9.89. The summed E-state index contributed by atoms with van der Waals surface area (Å²) in [6.45, 7) is 3.11. The number of nitrogen functional groups attached to an aromatic ring is 1.